The highest BCUT2D eigenvalue weighted by Crippen LogP contribution is 2.29. The van der Waals surface area contributed by atoms with Gasteiger partial charge in [0.15, 0.2) is 0 Å². The molecule has 0 radical (unpaired) electrons. The van der Waals surface area contributed by atoms with Gasteiger partial charge in [-0.2, -0.15) is 0 Å². The fourth-order valence-corrected chi connectivity index (χ4v) is 3.47. The summed E-state index contributed by atoms with van der Waals surface area (Å²) in [7, 11) is 0. The maximum absolute atomic E-state index is 12.7. The highest BCUT2D eigenvalue weighted by Gasteiger charge is 2.28. The summed E-state index contributed by atoms with van der Waals surface area (Å²) in [5.74, 6) is 0.767. The molecule has 4 nitrogen and oxygen atoms in total. The lowest BCUT2D eigenvalue weighted by Gasteiger charge is -2.27. The van der Waals surface area contributed by atoms with E-state index < -0.39 is 0 Å². The van der Waals surface area contributed by atoms with Gasteiger partial charge in [0.25, 0.3) is 5.91 Å². The normalized spacial score (nSPS) is 22.7. The molecule has 5 heteroatoms. The van der Waals surface area contributed by atoms with Crippen LogP contribution in [0, 0.1) is 5.92 Å². The third-order valence-corrected chi connectivity index (χ3v) is 5.17. The minimum absolute atomic E-state index is 0.0875. The Morgan fingerprint density at radius 3 is 3.00 bits per heavy atom. The zero-order valence-electron chi connectivity index (χ0n) is 13.2. The minimum atomic E-state index is -0.359. The van der Waals surface area contributed by atoms with E-state index in [0.29, 0.717) is 19.0 Å². The van der Waals surface area contributed by atoms with Crippen LogP contribution in [0.4, 0.5) is 0 Å². The van der Waals surface area contributed by atoms with Crippen molar-refractivity contribution in [3.63, 3.8) is 0 Å². The zero-order chi connectivity index (χ0) is 15.4. The molecule has 1 aromatic heterocycles. The Bertz CT molecular complexity index is 466. The first-order valence-corrected chi connectivity index (χ1v) is 9.14. The van der Waals surface area contributed by atoms with Gasteiger partial charge in [-0.1, -0.05) is 6.07 Å². The lowest BCUT2D eigenvalue weighted by atomic mass is 10.2. The first kappa shape index (κ1) is 16.0. The summed E-state index contributed by atoms with van der Waals surface area (Å²) in [5.41, 5.74) is 0. The topological polar surface area (TPSA) is 38.8 Å². The second kappa shape index (κ2) is 7.57. The molecule has 0 spiro atoms. The first-order valence-electron chi connectivity index (χ1n) is 8.26. The Morgan fingerprint density at radius 2 is 2.36 bits per heavy atom. The maximum Gasteiger partial charge on any atom is 0.251 e. The molecule has 1 saturated carbocycles. The molecule has 3 rings (SSSR count). The SMILES string of the molecule is CC(OCC1CC1)C(=O)N(Cc1cccs1)CC1CCCO1. The summed E-state index contributed by atoms with van der Waals surface area (Å²) in [5, 5.41) is 2.05. The molecular weight excluding hydrogens is 298 g/mol. The highest BCUT2D eigenvalue weighted by atomic mass is 32.1. The molecule has 1 aliphatic carbocycles. The van der Waals surface area contributed by atoms with E-state index in [2.05, 4.69) is 11.4 Å². The van der Waals surface area contributed by atoms with Gasteiger partial charge in [-0.25, -0.2) is 0 Å². The van der Waals surface area contributed by atoms with Crippen LogP contribution in [0.3, 0.4) is 0 Å². The number of rotatable bonds is 8. The van der Waals surface area contributed by atoms with Crippen molar-refractivity contribution in [1.29, 1.82) is 0 Å². The van der Waals surface area contributed by atoms with E-state index in [9.17, 15) is 4.79 Å². The number of carbonyl (C=O) groups is 1. The van der Waals surface area contributed by atoms with Crippen molar-refractivity contribution in [2.75, 3.05) is 19.8 Å². The number of nitrogens with zero attached hydrogens (tertiary/aromatic N) is 1. The van der Waals surface area contributed by atoms with Crippen LogP contribution in [0.15, 0.2) is 17.5 Å². The van der Waals surface area contributed by atoms with Crippen LogP contribution in [0.25, 0.3) is 0 Å². The van der Waals surface area contributed by atoms with Crippen LogP contribution in [0.5, 0.6) is 0 Å². The number of ether oxygens (including phenoxy) is 2. The summed E-state index contributed by atoms with van der Waals surface area (Å²) in [6, 6.07) is 4.11. The minimum Gasteiger partial charge on any atom is -0.376 e. The Hall–Kier alpha value is -0.910. The molecule has 2 unspecified atom stereocenters. The quantitative estimate of drug-likeness (QED) is 0.738. The molecule has 2 atom stereocenters. The van der Waals surface area contributed by atoms with Gasteiger partial charge in [0.1, 0.15) is 6.10 Å². The van der Waals surface area contributed by atoms with E-state index in [-0.39, 0.29) is 18.1 Å². The predicted octanol–water partition coefficient (Wildman–Crippen LogP) is 3.07. The second-order valence-electron chi connectivity index (χ2n) is 6.35. The van der Waals surface area contributed by atoms with Crippen molar-refractivity contribution in [3.8, 4) is 0 Å². The summed E-state index contributed by atoms with van der Waals surface area (Å²) in [6.07, 6.45) is 4.46. The lowest BCUT2D eigenvalue weighted by Crippen LogP contribution is -2.42. The van der Waals surface area contributed by atoms with Crippen molar-refractivity contribution in [3.05, 3.63) is 22.4 Å². The van der Waals surface area contributed by atoms with Gasteiger partial charge >= 0.3 is 0 Å². The van der Waals surface area contributed by atoms with Crippen LogP contribution in [-0.4, -0.2) is 42.8 Å². The molecule has 2 aliphatic rings. The maximum atomic E-state index is 12.7. The number of amides is 1. The van der Waals surface area contributed by atoms with Crippen LogP contribution in [0.1, 0.15) is 37.5 Å². The fourth-order valence-electron chi connectivity index (χ4n) is 2.75. The van der Waals surface area contributed by atoms with E-state index in [0.717, 1.165) is 26.1 Å². The standard InChI is InChI=1S/C17H25NO3S/c1-13(21-12-14-6-7-14)17(19)18(10-15-4-2-8-20-15)11-16-5-3-9-22-16/h3,5,9,13-15H,2,4,6-8,10-12H2,1H3. The van der Waals surface area contributed by atoms with Crippen molar-refractivity contribution < 1.29 is 14.3 Å². The van der Waals surface area contributed by atoms with Crippen LogP contribution in [0.2, 0.25) is 0 Å². The Balaban J connectivity index is 1.58. The lowest BCUT2D eigenvalue weighted by molar-refractivity contribution is -0.145. The fraction of sp³-hybridized carbons (Fsp3) is 0.706. The van der Waals surface area contributed by atoms with Gasteiger partial charge in [0.2, 0.25) is 0 Å². The number of carbonyl (C=O) groups excluding carboxylic acids is 1. The number of thiophene rings is 1. The van der Waals surface area contributed by atoms with E-state index in [1.807, 2.05) is 17.9 Å². The first-order chi connectivity index (χ1) is 10.7. The van der Waals surface area contributed by atoms with Gasteiger partial charge in [0.05, 0.1) is 19.3 Å². The number of hydrogen-bond acceptors (Lipinski definition) is 4. The van der Waals surface area contributed by atoms with Crippen LogP contribution < -0.4 is 0 Å². The molecular formula is C17H25NO3S. The number of hydrogen-bond donors (Lipinski definition) is 0. The van der Waals surface area contributed by atoms with Gasteiger partial charge in [0, 0.05) is 18.0 Å². The Morgan fingerprint density at radius 1 is 1.50 bits per heavy atom. The molecule has 2 fully saturated rings. The Labute approximate surface area is 136 Å². The third kappa shape index (κ3) is 4.54. The van der Waals surface area contributed by atoms with Crippen molar-refractivity contribution >= 4 is 17.2 Å². The van der Waals surface area contributed by atoms with Gasteiger partial charge in [-0.3, -0.25) is 4.79 Å². The van der Waals surface area contributed by atoms with Crippen molar-refractivity contribution in [2.45, 2.75) is 51.4 Å². The van der Waals surface area contributed by atoms with Gasteiger partial charge < -0.3 is 14.4 Å². The third-order valence-electron chi connectivity index (χ3n) is 4.31. The second-order valence-corrected chi connectivity index (χ2v) is 7.38. The summed E-state index contributed by atoms with van der Waals surface area (Å²) in [4.78, 5) is 15.9. The molecule has 0 N–H and O–H groups in total. The largest absolute Gasteiger partial charge is 0.376 e. The van der Waals surface area contributed by atoms with Gasteiger partial charge in [-0.05, 0) is 50.0 Å². The summed E-state index contributed by atoms with van der Waals surface area (Å²) < 4.78 is 11.5. The molecule has 1 saturated heterocycles. The van der Waals surface area contributed by atoms with Crippen molar-refractivity contribution in [1.82, 2.24) is 4.90 Å². The molecule has 0 bridgehead atoms. The average molecular weight is 323 g/mol. The van der Waals surface area contributed by atoms with E-state index in [4.69, 9.17) is 9.47 Å². The van der Waals surface area contributed by atoms with E-state index in [1.54, 1.807) is 11.3 Å². The monoisotopic (exact) mass is 323 g/mol. The highest BCUT2D eigenvalue weighted by molar-refractivity contribution is 7.09. The summed E-state index contributed by atoms with van der Waals surface area (Å²) >= 11 is 1.69. The van der Waals surface area contributed by atoms with Crippen LogP contribution in [-0.2, 0) is 20.8 Å². The molecule has 2 heterocycles. The van der Waals surface area contributed by atoms with E-state index >= 15 is 0 Å². The molecule has 1 amide bonds. The molecule has 1 aromatic rings. The molecule has 1 aliphatic heterocycles. The van der Waals surface area contributed by atoms with Gasteiger partial charge in [-0.15, -0.1) is 11.3 Å². The molecule has 22 heavy (non-hydrogen) atoms. The molecule has 0 aromatic carbocycles. The molecule has 122 valence electrons. The van der Waals surface area contributed by atoms with Crippen molar-refractivity contribution in [2.24, 2.45) is 5.92 Å². The predicted molar refractivity (Wildman–Crippen MR) is 86.8 cm³/mol. The smallest absolute Gasteiger partial charge is 0.251 e. The zero-order valence-corrected chi connectivity index (χ0v) is 14.0. The summed E-state index contributed by atoms with van der Waals surface area (Å²) in [6.45, 7) is 4.75. The average Bonchev–Trinajstić information content (AvgIpc) is 2.98. The van der Waals surface area contributed by atoms with E-state index in [1.165, 1.54) is 17.7 Å². The Kier molecular flexibility index (Phi) is 5.50. The van der Waals surface area contributed by atoms with Crippen LogP contribution >= 0.6 is 11.3 Å².